The van der Waals surface area contributed by atoms with Crippen molar-refractivity contribution in [1.29, 1.82) is 0 Å². The number of likely N-dealkylation sites (N-methyl/N-ethyl adjacent to an activating group) is 1. The monoisotopic (exact) mass is 460 g/mol. The van der Waals surface area contributed by atoms with Crippen LogP contribution in [-0.2, 0) is 17.6 Å². The highest BCUT2D eigenvalue weighted by atomic mass is 35.5. The topological polar surface area (TPSA) is 74.7 Å². The Balaban J connectivity index is 1.42. The number of carbonyl (C=O) groups is 2. The molecule has 168 valence electrons. The number of pyridine rings is 1. The Morgan fingerprint density at radius 3 is 2.39 bits per heavy atom. The number of hydrogen-bond acceptors (Lipinski definition) is 5. The number of amidine groups is 1. The Bertz CT molecular complexity index is 1170. The summed E-state index contributed by atoms with van der Waals surface area (Å²) in [6.45, 7) is 4.77. The van der Waals surface area contributed by atoms with Gasteiger partial charge in [-0.1, -0.05) is 60.1 Å². The third-order valence-corrected chi connectivity index (χ3v) is 5.82. The molecule has 2 aromatic carbocycles. The van der Waals surface area contributed by atoms with Crippen molar-refractivity contribution in [3.63, 3.8) is 0 Å². The van der Waals surface area contributed by atoms with E-state index in [0.29, 0.717) is 16.4 Å². The van der Waals surface area contributed by atoms with Gasteiger partial charge in [0.1, 0.15) is 11.7 Å². The summed E-state index contributed by atoms with van der Waals surface area (Å²) in [5.41, 5.74) is 3.32. The molecule has 0 spiro atoms. The lowest BCUT2D eigenvalue weighted by Gasteiger charge is -2.18. The molecule has 33 heavy (non-hydrogen) atoms. The Kier molecular flexibility index (Phi) is 7.15. The van der Waals surface area contributed by atoms with Gasteiger partial charge in [-0.3, -0.25) is 14.6 Å². The zero-order valence-electron chi connectivity index (χ0n) is 18.4. The van der Waals surface area contributed by atoms with Gasteiger partial charge < -0.3 is 10.2 Å². The number of nitrogens with zero attached hydrogens (tertiary/aromatic N) is 3. The quantitative estimate of drug-likeness (QED) is 0.505. The summed E-state index contributed by atoms with van der Waals surface area (Å²) in [5.74, 6) is 1.23. The highest BCUT2D eigenvalue weighted by molar-refractivity contribution is 6.30. The van der Waals surface area contributed by atoms with Gasteiger partial charge in [0.05, 0.1) is 18.0 Å². The summed E-state index contributed by atoms with van der Waals surface area (Å²) in [5, 5.41) is 3.27. The Morgan fingerprint density at radius 1 is 1.00 bits per heavy atom. The molecule has 1 aliphatic heterocycles. The molecule has 0 saturated carbocycles. The van der Waals surface area contributed by atoms with Crippen LogP contribution in [-0.4, -0.2) is 47.0 Å². The van der Waals surface area contributed by atoms with E-state index in [1.807, 2.05) is 48.5 Å². The number of Topliss-reactive ketones (excluding diaryl/α,β-unsaturated/α-hetero) is 1. The molecule has 0 saturated heterocycles. The first-order valence-corrected chi connectivity index (χ1v) is 11.3. The summed E-state index contributed by atoms with van der Waals surface area (Å²) in [6, 6.07) is 18.5. The molecule has 0 radical (unpaired) electrons. The average molecular weight is 461 g/mol. The van der Waals surface area contributed by atoms with Crippen molar-refractivity contribution >= 4 is 34.9 Å². The fourth-order valence-corrected chi connectivity index (χ4v) is 3.97. The van der Waals surface area contributed by atoms with Crippen molar-refractivity contribution in [1.82, 2.24) is 9.88 Å². The minimum Gasteiger partial charge on any atom is -0.355 e. The van der Waals surface area contributed by atoms with Crippen LogP contribution in [0.3, 0.4) is 0 Å². The summed E-state index contributed by atoms with van der Waals surface area (Å²) in [7, 11) is 0. The van der Waals surface area contributed by atoms with Crippen LogP contribution in [0.4, 0.5) is 5.82 Å². The van der Waals surface area contributed by atoms with Gasteiger partial charge in [0.15, 0.2) is 5.78 Å². The van der Waals surface area contributed by atoms with Crippen molar-refractivity contribution in [2.75, 3.05) is 25.0 Å². The maximum absolute atomic E-state index is 13.0. The van der Waals surface area contributed by atoms with Crippen LogP contribution in [0.1, 0.15) is 34.0 Å². The van der Waals surface area contributed by atoms with E-state index in [-0.39, 0.29) is 24.5 Å². The highest BCUT2D eigenvalue weighted by Crippen LogP contribution is 2.17. The van der Waals surface area contributed by atoms with Gasteiger partial charge in [-0.15, -0.1) is 0 Å². The molecule has 1 aliphatic rings. The normalized spacial score (nSPS) is 13.0. The van der Waals surface area contributed by atoms with Crippen molar-refractivity contribution in [2.24, 2.45) is 4.99 Å². The van der Waals surface area contributed by atoms with E-state index >= 15 is 0 Å². The number of rotatable bonds is 8. The molecule has 0 aliphatic carbocycles. The number of halogens is 1. The number of benzene rings is 2. The fourth-order valence-electron chi connectivity index (χ4n) is 3.86. The lowest BCUT2D eigenvalue weighted by Crippen LogP contribution is -2.28. The van der Waals surface area contributed by atoms with Crippen molar-refractivity contribution in [2.45, 2.75) is 19.8 Å². The van der Waals surface area contributed by atoms with Gasteiger partial charge in [-0.05, 0) is 30.2 Å². The molecule has 4 rings (SSSR count). The third-order valence-electron chi connectivity index (χ3n) is 5.59. The minimum absolute atomic E-state index is 0.00878. The summed E-state index contributed by atoms with van der Waals surface area (Å²) >= 11 is 5.84. The van der Waals surface area contributed by atoms with Crippen molar-refractivity contribution in [3.8, 4) is 0 Å². The van der Waals surface area contributed by atoms with E-state index in [4.69, 9.17) is 11.6 Å². The van der Waals surface area contributed by atoms with Crippen LogP contribution in [0.15, 0.2) is 71.9 Å². The maximum atomic E-state index is 13.0. The van der Waals surface area contributed by atoms with Gasteiger partial charge >= 0.3 is 0 Å². The zero-order chi connectivity index (χ0) is 23.2. The predicted octanol–water partition coefficient (Wildman–Crippen LogP) is 4.42. The van der Waals surface area contributed by atoms with Gasteiger partial charge in [0, 0.05) is 36.8 Å². The van der Waals surface area contributed by atoms with E-state index < -0.39 is 0 Å². The number of ketones is 1. The molecule has 6 nitrogen and oxygen atoms in total. The van der Waals surface area contributed by atoms with E-state index in [1.165, 1.54) is 6.20 Å². The zero-order valence-corrected chi connectivity index (χ0v) is 19.2. The number of aliphatic imine (C=N–C) groups is 1. The van der Waals surface area contributed by atoms with Crippen LogP contribution in [0.5, 0.6) is 0 Å². The Morgan fingerprint density at radius 2 is 1.73 bits per heavy atom. The van der Waals surface area contributed by atoms with Crippen LogP contribution < -0.4 is 5.32 Å². The fraction of sp³-hybridized carbons (Fsp3) is 0.231. The number of aromatic nitrogens is 1. The molecule has 0 fully saturated rings. The Hall–Kier alpha value is -3.51. The second-order valence-corrected chi connectivity index (χ2v) is 8.25. The van der Waals surface area contributed by atoms with Crippen LogP contribution >= 0.6 is 11.6 Å². The number of nitrogens with one attached hydrogen (secondary N) is 1. The molecule has 0 atom stereocenters. The third kappa shape index (κ3) is 5.65. The first-order valence-electron chi connectivity index (χ1n) is 10.9. The first kappa shape index (κ1) is 22.7. The number of carbonyl (C=O) groups excluding carboxylic acids is 2. The van der Waals surface area contributed by atoms with Crippen LogP contribution in [0.25, 0.3) is 0 Å². The average Bonchev–Trinajstić information content (AvgIpc) is 3.31. The SMILES string of the molecule is CCN1CCN=C1c1ccc(C(=O)Cc2ccccc2CC(=O)Nc2ccc(Cl)cn2)cc1. The van der Waals surface area contributed by atoms with Gasteiger partial charge in [0.25, 0.3) is 0 Å². The van der Waals surface area contributed by atoms with Crippen molar-refractivity contribution < 1.29 is 9.59 Å². The molecule has 0 unspecified atom stereocenters. The molecule has 1 aromatic heterocycles. The van der Waals surface area contributed by atoms with E-state index in [0.717, 1.165) is 42.2 Å². The highest BCUT2D eigenvalue weighted by Gasteiger charge is 2.18. The van der Waals surface area contributed by atoms with Crippen LogP contribution in [0.2, 0.25) is 5.02 Å². The van der Waals surface area contributed by atoms with E-state index in [9.17, 15) is 9.59 Å². The van der Waals surface area contributed by atoms with Gasteiger partial charge in [0.2, 0.25) is 5.91 Å². The lowest BCUT2D eigenvalue weighted by molar-refractivity contribution is -0.115. The predicted molar refractivity (Wildman–Crippen MR) is 131 cm³/mol. The summed E-state index contributed by atoms with van der Waals surface area (Å²) < 4.78 is 0. The lowest BCUT2D eigenvalue weighted by atomic mass is 9.96. The van der Waals surface area contributed by atoms with Gasteiger partial charge in [-0.25, -0.2) is 4.98 Å². The van der Waals surface area contributed by atoms with Crippen LogP contribution in [0, 0.1) is 0 Å². The number of amides is 1. The number of anilines is 1. The first-order chi connectivity index (χ1) is 16.0. The largest absolute Gasteiger partial charge is 0.355 e. The second-order valence-electron chi connectivity index (χ2n) is 7.82. The van der Waals surface area contributed by atoms with E-state index in [1.54, 1.807) is 12.1 Å². The number of hydrogen-bond donors (Lipinski definition) is 1. The molecule has 3 aromatic rings. The molecule has 1 N–H and O–H groups in total. The Labute approximate surface area is 198 Å². The molecule has 2 heterocycles. The minimum atomic E-state index is -0.202. The molecular formula is C26H25ClN4O2. The van der Waals surface area contributed by atoms with Gasteiger partial charge in [-0.2, -0.15) is 0 Å². The van der Waals surface area contributed by atoms with Crippen molar-refractivity contribution in [3.05, 3.63) is 94.1 Å². The smallest absolute Gasteiger partial charge is 0.229 e. The molecule has 1 amide bonds. The van der Waals surface area contributed by atoms with E-state index in [2.05, 4.69) is 27.1 Å². The molecular weight excluding hydrogens is 436 g/mol. The maximum Gasteiger partial charge on any atom is 0.229 e. The summed E-state index contributed by atoms with van der Waals surface area (Å²) in [4.78, 5) is 36.4. The standard InChI is InChI=1S/C26H25ClN4O2/c1-2-31-14-13-28-26(31)19-9-7-18(8-10-19)23(32)15-20-5-3-4-6-21(20)16-25(33)30-24-12-11-22(27)17-29-24/h3-12,17H,2,13-16H2,1H3,(H,29,30,33). The molecule has 0 bridgehead atoms. The second kappa shape index (κ2) is 10.4. The molecule has 7 heteroatoms. The summed E-state index contributed by atoms with van der Waals surface area (Å²) in [6.07, 6.45) is 1.86.